The SMILES string of the molecule is CC(=O)Oc1cc2[nH]c3c4[nH]c5cc(OC(C)=O)c(OC(C)=O)cc5c4c4c5cc(OC(C)=O)c(OC(C)=O)cc5[nH]c4c3c2cc1OC(C)=O. The maximum absolute atomic E-state index is 12.1. The molecule has 7 aromatic rings. The van der Waals surface area contributed by atoms with Crippen molar-refractivity contribution in [2.45, 2.75) is 41.5 Å². The van der Waals surface area contributed by atoms with Gasteiger partial charge in [-0.15, -0.1) is 0 Å². The number of aromatic amines is 3. The van der Waals surface area contributed by atoms with Gasteiger partial charge in [-0.3, -0.25) is 28.8 Å². The lowest BCUT2D eigenvalue weighted by molar-refractivity contribution is -0.134. The fourth-order valence-electron chi connectivity index (χ4n) is 6.36. The first-order valence-electron chi connectivity index (χ1n) is 15.4. The number of aromatic nitrogens is 3. The fraction of sp³-hybridized carbons (Fsp3) is 0.167. The van der Waals surface area contributed by atoms with Gasteiger partial charge in [0.1, 0.15) is 0 Å². The summed E-state index contributed by atoms with van der Waals surface area (Å²) in [6.07, 6.45) is 0. The Labute approximate surface area is 285 Å². The molecule has 4 aromatic carbocycles. The van der Waals surface area contributed by atoms with Crippen LogP contribution in [0.15, 0.2) is 36.4 Å². The minimum absolute atomic E-state index is 0.0000295. The molecule has 7 rings (SSSR count). The van der Waals surface area contributed by atoms with Crippen molar-refractivity contribution in [3.05, 3.63) is 36.4 Å². The van der Waals surface area contributed by atoms with Crippen LogP contribution in [0.4, 0.5) is 0 Å². The number of hydrogen-bond donors (Lipinski definition) is 3. The van der Waals surface area contributed by atoms with E-state index in [0.717, 1.165) is 0 Å². The summed E-state index contributed by atoms with van der Waals surface area (Å²) in [7, 11) is 0. The number of rotatable bonds is 6. The molecule has 0 radical (unpaired) electrons. The van der Waals surface area contributed by atoms with Gasteiger partial charge in [-0.1, -0.05) is 0 Å². The van der Waals surface area contributed by atoms with Crippen LogP contribution in [0, 0.1) is 0 Å². The van der Waals surface area contributed by atoms with Crippen LogP contribution in [0.1, 0.15) is 41.5 Å². The molecule has 0 atom stereocenters. The maximum Gasteiger partial charge on any atom is 0.308 e. The average molecular weight is 694 g/mol. The number of esters is 6. The van der Waals surface area contributed by atoms with E-state index >= 15 is 0 Å². The highest BCUT2D eigenvalue weighted by Crippen LogP contribution is 2.49. The molecule has 258 valence electrons. The summed E-state index contributed by atoms with van der Waals surface area (Å²) >= 11 is 0. The number of carbonyl (C=O) groups is 6. The Morgan fingerprint density at radius 3 is 0.902 bits per heavy atom. The monoisotopic (exact) mass is 693 g/mol. The summed E-state index contributed by atoms with van der Waals surface area (Å²) in [6.45, 7) is 7.30. The molecule has 0 aliphatic carbocycles. The zero-order valence-electron chi connectivity index (χ0n) is 27.9. The van der Waals surface area contributed by atoms with Gasteiger partial charge in [-0.05, 0) is 18.2 Å². The van der Waals surface area contributed by atoms with Gasteiger partial charge in [-0.2, -0.15) is 0 Å². The molecule has 15 nitrogen and oxygen atoms in total. The second-order valence-corrected chi connectivity index (χ2v) is 11.7. The van der Waals surface area contributed by atoms with E-state index in [-0.39, 0.29) is 34.5 Å². The van der Waals surface area contributed by atoms with E-state index in [1.807, 2.05) is 0 Å². The van der Waals surface area contributed by atoms with Crippen molar-refractivity contribution in [2.24, 2.45) is 0 Å². The zero-order chi connectivity index (χ0) is 36.5. The predicted octanol–water partition coefficient (Wildman–Crippen LogP) is 6.14. The molecule has 15 heteroatoms. The first-order chi connectivity index (χ1) is 24.2. The molecule has 0 spiro atoms. The van der Waals surface area contributed by atoms with Crippen LogP contribution in [0.25, 0.3) is 65.4 Å². The highest BCUT2D eigenvalue weighted by Gasteiger charge is 2.26. The van der Waals surface area contributed by atoms with Gasteiger partial charge in [0.05, 0.1) is 33.1 Å². The molecule has 0 saturated heterocycles. The minimum atomic E-state index is -0.649. The van der Waals surface area contributed by atoms with Crippen LogP contribution in [-0.4, -0.2) is 50.8 Å². The highest BCUT2D eigenvalue weighted by molar-refractivity contribution is 6.39. The van der Waals surface area contributed by atoms with Gasteiger partial charge in [0.15, 0.2) is 34.5 Å². The van der Waals surface area contributed by atoms with Crippen molar-refractivity contribution in [1.29, 1.82) is 0 Å². The number of carbonyl (C=O) groups excluding carboxylic acids is 6. The summed E-state index contributed by atoms with van der Waals surface area (Å²) < 4.78 is 32.6. The van der Waals surface area contributed by atoms with E-state index < -0.39 is 35.8 Å². The van der Waals surface area contributed by atoms with Crippen molar-refractivity contribution in [3.8, 4) is 34.5 Å². The molecule has 0 saturated carbocycles. The Balaban J connectivity index is 1.70. The first-order valence-corrected chi connectivity index (χ1v) is 15.4. The Bertz CT molecular complexity index is 2730. The van der Waals surface area contributed by atoms with Crippen molar-refractivity contribution in [2.75, 3.05) is 0 Å². The second kappa shape index (κ2) is 11.9. The van der Waals surface area contributed by atoms with Crippen LogP contribution in [-0.2, 0) is 28.8 Å². The lowest BCUT2D eigenvalue weighted by atomic mass is 10.0. The number of ether oxygens (including phenoxy) is 6. The van der Waals surface area contributed by atoms with E-state index in [0.29, 0.717) is 65.4 Å². The molecule has 3 N–H and O–H groups in total. The zero-order valence-corrected chi connectivity index (χ0v) is 27.9. The largest absolute Gasteiger partial charge is 0.423 e. The van der Waals surface area contributed by atoms with Gasteiger partial charge in [0.25, 0.3) is 0 Å². The maximum atomic E-state index is 12.1. The molecule has 51 heavy (non-hydrogen) atoms. The molecular weight excluding hydrogens is 666 g/mol. The van der Waals surface area contributed by atoms with Gasteiger partial charge >= 0.3 is 35.8 Å². The molecular formula is C36H27N3O12. The molecule has 0 fully saturated rings. The summed E-state index contributed by atoms with van der Waals surface area (Å²) in [5.74, 6) is -3.86. The molecule has 0 bridgehead atoms. The summed E-state index contributed by atoms with van der Waals surface area (Å²) in [5, 5.41) is 3.51. The normalized spacial score (nSPS) is 11.4. The standard InChI is InChI=1S/C36H27N3O12/c1-13(40)46-25-7-19-22(10-28(25)49-16(4)43)37-34-31(19)32-20-8-26(47-14(2)41)29(50-17(5)44)11-23(20)38-35(32)36-33(34)21-9-27(48-15(3)42)30(51-18(6)45)12-24(21)39-36/h7-12,37-39H,1-6H3. The van der Waals surface area contributed by atoms with Crippen molar-refractivity contribution in [3.63, 3.8) is 0 Å². The van der Waals surface area contributed by atoms with Gasteiger partial charge < -0.3 is 43.4 Å². The number of hydrogen-bond acceptors (Lipinski definition) is 12. The van der Waals surface area contributed by atoms with Crippen LogP contribution < -0.4 is 28.4 Å². The highest BCUT2D eigenvalue weighted by atomic mass is 16.6. The van der Waals surface area contributed by atoms with E-state index in [9.17, 15) is 28.8 Å². The lowest BCUT2D eigenvalue weighted by Gasteiger charge is -2.10. The quantitative estimate of drug-likeness (QED) is 0.133. The van der Waals surface area contributed by atoms with Gasteiger partial charge in [-0.25, -0.2) is 0 Å². The Morgan fingerprint density at radius 1 is 0.353 bits per heavy atom. The van der Waals surface area contributed by atoms with Crippen molar-refractivity contribution < 1.29 is 57.2 Å². The Morgan fingerprint density at radius 2 is 0.588 bits per heavy atom. The number of nitrogens with one attached hydrogen (secondary N) is 3. The van der Waals surface area contributed by atoms with Crippen molar-refractivity contribution in [1.82, 2.24) is 15.0 Å². The third-order valence-electron chi connectivity index (χ3n) is 7.86. The molecule has 0 aliphatic heterocycles. The topological polar surface area (TPSA) is 205 Å². The van der Waals surface area contributed by atoms with E-state index in [1.165, 1.54) is 59.7 Å². The number of fused-ring (bicyclic) bond motifs is 12. The fourth-order valence-corrected chi connectivity index (χ4v) is 6.36. The summed E-state index contributed by atoms with van der Waals surface area (Å²) in [4.78, 5) is 82.5. The van der Waals surface area contributed by atoms with Gasteiger partial charge in [0.2, 0.25) is 0 Å². The van der Waals surface area contributed by atoms with Crippen LogP contribution in [0.5, 0.6) is 34.5 Å². The van der Waals surface area contributed by atoms with E-state index in [4.69, 9.17) is 28.4 Å². The van der Waals surface area contributed by atoms with Crippen LogP contribution in [0.2, 0.25) is 0 Å². The van der Waals surface area contributed by atoms with E-state index in [2.05, 4.69) is 15.0 Å². The second-order valence-electron chi connectivity index (χ2n) is 11.7. The lowest BCUT2D eigenvalue weighted by Crippen LogP contribution is -2.07. The average Bonchev–Trinajstić information content (AvgIpc) is 3.66. The Hall–Kier alpha value is -6.90. The van der Waals surface area contributed by atoms with E-state index in [1.54, 1.807) is 18.2 Å². The van der Waals surface area contributed by atoms with Crippen molar-refractivity contribution >= 4 is 101 Å². The number of benzene rings is 4. The predicted molar refractivity (Wildman–Crippen MR) is 182 cm³/mol. The number of H-pyrrole nitrogens is 3. The van der Waals surface area contributed by atoms with Crippen LogP contribution in [0.3, 0.4) is 0 Å². The minimum Gasteiger partial charge on any atom is -0.423 e. The molecule has 3 heterocycles. The third kappa shape index (κ3) is 5.69. The molecule has 0 amide bonds. The van der Waals surface area contributed by atoms with Crippen LogP contribution >= 0.6 is 0 Å². The Kier molecular flexibility index (Phi) is 7.62. The third-order valence-corrected chi connectivity index (χ3v) is 7.86. The summed E-state index contributed by atoms with van der Waals surface area (Å²) in [5.41, 5.74) is 3.17. The smallest absolute Gasteiger partial charge is 0.308 e. The molecule has 0 unspecified atom stereocenters. The van der Waals surface area contributed by atoms with Gasteiger partial charge in [0, 0.05) is 92.1 Å². The first kappa shape index (κ1) is 32.6. The molecule has 0 aliphatic rings. The molecule has 3 aromatic heterocycles. The summed E-state index contributed by atoms with van der Waals surface area (Å²) in [6, 6.07) is 9.30.